The topological polar surface area (TPSA) is 46.2 Å². The van der Waals surface area contributed by atoms with Crippen LogP contribution < -0.4 is 5.73 Å². The van der Waals surface area contributed by atoms with E-state index in [4.69, 9.17) is 10.8 Å². The summed E-state index contributed by atoms with van der Waals surface area (Å²) in [6.45, 7) is 0.290. The molecule has 2 atom stereocenters. The lowest BCUT2D eigenvalue weighted by atomic mass is 10.2. The summed E-state index contributed by atoms with van der Waals surface area (Å²) in [6.07, 6.45) is 2.15. The molecule has 1 aliphatic heterocycles. The van der Waals surface area contributed by atoms with E-state index in [1.165, 1.54) is 0 Å². The van der Waals surface area contributed by atoms with E-state index in [9.17, 15) is 0 Å². The average molecular weight is 133 g/mol. The van der Waals surface area contributed by atoms with E-state index in [1.807, 2.05) is 0 Å². The van der Waals surface area contributed by atoms with Gasteiger partial charge in [0.25, 0.3) is 0 Å². The Balaban J connectivity index is 2.22. The summed E-state index contributed by atoms with van der Waals surface area (Å²) in [4.78, 5) is 0. The Bertz CT molecular complexity index is 78.8. The van der Waals surface area contributed by atoms with Gasteiger partial charge in [0.15, 0.2) is 0 Å². The molecule has 0 radical (unpaired) electrons. The number of nitrogens with two attached hydrogens (primary N) is 1. The molecule has 0 aromatic heterocycles. The third kappa shape index (κ3) is 1.37. The first-order chi connectivity index (χ1) is 3.83. The molecular formula is C5H11NOS. The van der Waals surface area contributed by atoms with Gasteiger partial charge < -0.3 is 10.8 Å². The molecule has 0 amide bonds. The molecule has 0 saturated carbocycles. The Morgan fingerprint density at radius 3 is 2.62 bits per heavy atom. The van der Waals surface area contributed by atoms with Crippen LogP contribution in [0.1, 0.15) is 12.8 Å². The number of hydrogen-bond donors (Lipinski definition) is 2. The molecule has 0 aliphatic carbocycles. The minimum Gasteiger partial charge on any atom is -0.395 e. The molecule has 1 saturated heterocycles. The van der Waals surface area contributed by atoms with Crippen molar-refractivity contribution in [3.8, 4) is 0 Å². The molecule has 0 aromatic carbocycles. The van der Waals surface area contributed by atoms with Crippen molar-refractivity contribution in [3.63, 3.8) is 0 Å². The fourth-order valence-electron chi connectivity index (χ4n) is 0.868. The van der Waals surface area contributed by atoms with Crippen LogP contribution in [-0.2, 0) is 0 Å². The summed E-state index contributed by atoms with van der Waals surface area (Å²) < 4.78 is 0. The van der Waals surface area contributed by atoms with Gasteiger partial charge in [-0.3, -0.25) is 0 Å². The molecule has 1 aliphatic rings. The van der Waals surface area contributed by atoms with Crippen LogP contribution in [0.2, 0.25) is 0 Å². The first-order valence-electron chi connectivity index (χ1n) is 2.85. The molecule has 1 rings (SSSR count). The third-order valence-corrected chi connectivity index (χ3v) is 2.70. The zero-order valence-electron chi connectivity index (χ0n) is 4.71. The van der Waals surface area contributed by atoms with Crippen LogP contribution >= 0.6 is 11.8 Å². The van der Waals surface area contributed by atoms with Gasteiger partial charge in [-0.25, -0.2) is 0 Å². The summed E-state index contributed by atoms with van der Waals surface area (Å²) in [5.41, 5.74) is 5.55. The summed E-state index contributed by atoms with van der Waals surface area (Å²) in [7, 11) is 0. The molecule has 3 heteroatoms. The van der Waals surface area contributed by atoms with E-state index in [0.717, 1.165) is 12.8 Å². The van der Waals surface area contributed by atoms with Gasteiger partial charge in [0.05, 0.1) is 12.0 Å². The van der Waals surface area contributed by atoms with Gasteiger partial charge >= 0.3 is 0 Å². The molecule has 48 valence electrons. The van der Waals surface area contributed by atoms with Crippen LogP contribution in [0.4, 0.5) is 0 Å². The number of rotatable bonds is 1. The number of aliphatic hydroxyl groups is 1. The Morgan fingerprint density at radius 1 is 1.62 bits per heavy atom. The second kappa shape index (κ2) is 2.71. The van der Waals surface area contributed by atoms with E-state index >= 15 is 0 Å². The molecular weight excluding hydrogens is 122 g/mol. The zero-order chi connectivity index (χ0) is 5.98. The highest BCUT2D eigenvalue weighted by Gasteiger charge is 2.20. The van der Waals surface area contributed by atoms with Crippen LogP contribution in [-0.4, -0.2) is 22.3 Å². The Kier molecular flexibility index (Phi) is 2.16. The largest absolute Gasteiger partial charge is 0.395 e. The van der Waals surface area contributed by atoms with Gasteiger partial charge in [0.1, 0.15) is 0 Å². The highest BCUT2D eigenvalue weighted by molar-refractivity contribution is 8.00. The molecule has 0 spiro atoms. The highest BCUT2D eigenvalue weighted by Crippen LogP contribution is 2.29. The molecule has 1 fully saturated rings. The normalized spacial score (nSPS) is 38.2. The van der Waals surface area contributed by atoms with Gasteiger partial charge in [-0.2, -0.15) is 0 Å². The van der Waals surface area contributed by atoms with Crippen LogP contribution in [0.3, 0.4) is 0 Å². The van der Waals surface area contributed by atoms with Gasteiger partial charge in [-0.15, -0.1) is 11.8 Å². The van der Waals surface area contributed by atoms with Gasteiger partial charge in [0.2, 0.25) is 0 Å². The number of thioether (sulfide) groups is 1. The van der Waals surface area contributed by atoms with Gasteiger partial charge in [0, 0.05) is 5.25 Å². The maximum Gasteiger partial charge on any atom is 0.0550 e. The fourth-order valence-corrected chi connectivity index (χ4v) is 1.99. The lowest BCUT2D eigenvalue weighted by Gasteiger charge is -2.01. The van der Waals surface area contributed by atoms with Crippen molar-refractivity contribution in [1.82, 2.24) is 0 Å². The van der Waals surface area contributed by atoms with Gasteiger partial charge in [-0.05, 0) is 12.8 Å². The third-order valence-electron chi connectivity index (χ3n) is 1.34. The minimum absolute atomic E-state index is 0.284. The molecule has 1 heterocycles. The second-order valence-electron chi connectivity index (χ2n) is 2.06. The predicted octanol–water partition coefficient (Wildman–Crippen LogP) is 0.159. The van der Waals surface area contributed by atoms with Crippen molar-refractivity contribution in [2.24, 2.45) is 5.73 Å². The van der Waals surface area contributed by atoms with Crippen LogP contribution in [0.5, 0.6) is 0 Å². The maximum atomic E-state index is 8.61. The maximum absolute atomic E-state index is 8.61. The van der Waals surface area contributed by atoms with Crippen molar-refractivity contribution in [2.45, 2.75) is 23.5 Å². The Labute approximate surface area is 53.5 Å². The van der Waals surface area contributed by atoms with Crippen molar-refractivity contribution < 1.29 is 5.11 Å². The molecule has 8 heavy (non-hydrogen) atoms. The van der Waals surface area contributed by atoms with Crippen molar-refractivity contribution in [1.29, 1.82) is 0 Å². The predicted molar refractivity (Wildman–Crippen MR) is 35.7 cm³/mol. The first-order valence-corrected chi connectivity index (χ1v) is 3.79. The van der Waals surface area contributed by atoms with E-state index in [0.29, 0.717) is 11.9 Å². The van der Waals surface area contributed by atoms with E-state index in [2.05, 4.69) is 0 Å². The van der Waals surface area contributed by atoms with Crippen LogP contribution in [0, 0.1) is 0 Å². The second-order valence-corrected chi connectivity index (χ2v) is 3.60. The van der Waals surface area contributed by atoms with E-state index in [-0.39, 0.29) is 5.37 Å². The monoisotopic (exact) mass is 133 g/mol. The quantitative estimate of drug-likeness (QED) is 0.535. The lowest BCUT2D eigenvalue weighted by molar-refractivity contribution is 0.292. The Morgan fingerprint density at radius 2 is 2.38 bits per heavy atom. The van der Waals surface area contributed by atoms with Crippen molar-refractivity contribution >= 4 is 11.8 Å². The highest BCUT2D eigenvalue weighted by atomic mass is 32.2. The van der Waals surface area contributed by atoms with Crippen LogP contribution in [0.15, 0.2) is 0 Å². The molecule has 2 unspecified atom stereocenters. The van der Waals surface area contributed by atoms with Crippen molar-refractivity contribution in [2.75, 3.05) is 6.61 Å². The fraction of sp³-hybridized carbons (Fsp3) is 1.00. The molecule has 3 N–H and O–H groups in total. The van der Waals surface area contributed by atoms with E-state index < -0.39 is 0 Å². The SMILES string of the molecule is NC1CCC(CO)S1. The zero-order valence-corrected chi connectivity index (χ0v) is 5.53. The summed E-state index contributed by atoms with van der Waals surface area (Å²) in [5.74, 6) is 0. The Hall–Kier alpha value is 0.270. The average Bonchev–Trinajstić information content (AvgIpc) is 2.14. The van der Waals surface area contributed by atoms with Crippen LogP contribution in [0.25, 0.3) is 0 Å². The smallest absolute Gasteiger partial charge is 0.0550 e. The van der Waals surface area contributed by atoms with Crippen molar-refractivity contribution in [3.05, 3.63) is 0 Å². The number of hydrogen-bond acceptors (Lipinski definition) is 3. The van der Waals surface area contributed by atoms with E-state index in [1.54, 1.807) is 11.8 Å². The lowest BCUT2D eigenvalue weighted by Crippen LogP contribution is -2.10. The van der Waals surface area contributed by atoms with Gasteiger partial charge in [-0.1, -0.05) is 0 Å². The first kappa shape index (κ1) is 6.39. The standard InChI is InChI=1S/C5H11NOS/c6-5-2-1-4(3-7)8-5/h4-5,7H,1-3,6H2. The molecule has 2 nitrogen and oxygen atoms in total. The number of aliphatic hydroxyl groups excluding tert-OH is 1. The minimum atomic E-state index is 0.284. The summed E-state index contributed by atoms with van der Waals surface area (Å²) in [6, 6.07) is 0. The summed E-state index contributed by atoms with van der Waals surface area (Å²) in [5, 5.41) is 9.31. The molecule has 0 aromatic rings. The molecule has 0 bridgehead atoms. The summed E-state index contributed by atoms with van der Waals surface area (Å²) >= 11 is 1.69.